The van der Waals surface area contributed by atoms with Crippen molar-refractivity contribution in [2.24, 2.45) is 0 Å². The lowest BCUT2D eigenvalue weighted by molar-refractivity contribution is 0.631. The van der Waals surface area contributed by atoms with Gasteiger partial charge in [-0.3, -0.25) is 0 Å². The van der Waals surface area contributed by atoms with Crippen molar-refractivity contribution in [2.75, 3.05) is 12.8 Å². The van der Waals surface area contributed by atoms with Gasteiger partial charge in [-0.1, -0.05) is 6.92 Å². The first-order valence-corrected chi connectivity index (χ1v) is 3.60. The summed E-state index contributed by atoms with van der Waals surface area (Å²) in [5.41, 5.74) is 0. The maximum Gasteiger partial charge on any atom is 0.0216 e. The summed E-state index contributed by atoms with van der Waals surface area (Å²) in [6.45, 7) is 3.82. The summed E-state index contributed by atoms with van der Waals surface area (Å²) in [7, 11) is -0.598. The molecule has 1 unspecified atom stereocenters. The van der Waals surface area contributed by atoms with Crippen molar-refractivity contribution in [3.8, 4) is 0 Å². The standard InChI is InChI=1S/C3H9OP/c1-3-5(2)4/h4H,3H2,1-2H3. The highest BCUT2D eigenvalue weighted by Gasteiger charge is 1.81. The third-order valence-corrected chi connectivity index (χ3v) is 1.37. The van der Waals surface area contributed by atoms with Crippen LogP contribution in [-0.4, -0.2) is 17.7 Å². The Bertz CT molecular complexity index is 20.9. The lowest BCUT2D eigenvalue weighted by Crippen LogP contribution is -1.66. The van der Waals surface area contributed by atoms with Gasteiger partial charge in [0.15, 0.2) is 0 Å². The van der Waals surface area contributed by atoms with E-state index in [0.29, 0.717) is 0 Å². The Morgan fingerprint density at radius 3 is 2.00 bits per heavy atom. The molecule has 0 amide bonds. The number of rotatable bonds is 1. The molecule has 0 saturated carbocycles. The largest absolute Gasteiger partial charge is 0.374 e. The topological polar surface area (TPSA) is 20.2 Å². The third kappa shape index (κ3) is 4.39. The summed E-state index contributed by atoms with van der Waals surface area (Å²) < 4.78 is 0. The van der Waals surface area contributed by atoms with Crippen molar-refractivity contribution < 1.29 is 4.89 Å². The SMILES string of the molecule is CCP(C)O. The van der Waals surface area contributed by atoms with Crippen LogP contribution in [0.5, 0.6) is 0 Å². The summed E-state index contributed by atoms with van der Waals surface area (Å²) >= 11 is 0. The van der Waals surface area contributed by atoms with Gasteiger partial charge in [0.1, 0.15) is 0 Å². The molecule has 0 fully saturated rings. The third-order valence-electron chi connectivity index (χ3n) is 0.458. The minimum Gasteiger partial charge on any atom is -0.374 e. The van der Waals surface area contributed by atoms with Crippen LogP contribution >= 0.6 is 8.15 Å². The number of hydrogen-bond donors (Lipinski definition) is 1. The predicted octanol–water partition coefficient (Wildman–Crippen LogP) is 1.03. The first kappa shape index (κ1) is 5.39. The van der Waals surface area contributed by atoms with Gasteiger partial charge in [0.2, 0.25) is 0 Å². The minimum absolute atomic E-state index is 0.598. The zero-order valence-electron chi connectivity index (χ0n) is 3.60. The molecule has 0 heterocycles. The van der Waals surface area contributed by atoms with Crippen LogP contribution in [0.1, 0.15) is 6.92 Å². The van der Waals surface area contributed by atoms with Crippen molar-refractivity contribution in [1.29, 1.82) is 0 Å². The van der Waals surface area contributed by atoms with Crippen LogP contribution in [0.4, 0.5) is 0 Å². The molecular formula is C3H9OP. The molecule has 5 heavy (non-hydrogen) atoms. The first-order valence-electron chi connectivity index (χ1n) is 1.67. The molecule has 1 nitrogen and oxygen atoms in total. The van der Waals surface area contributed by atoms with Crippen molar-refractivity contribution in [3.05, 3.63) is 0 Å². The van der Waals surface area contributed by atoms with E-state index in [1.165, 1.54) is 0 Å². The molecule has 1 N–H and O–H groups in total. The fourth-order valence-electron chi connectivity index (χ4n) is 0. The fraction of sp³-hybridized carbons (Fsp3) is 1.00. The van der Waals surface area contributed by atoms with Crippen LogP contribution in [0.25, 0.3) is 0 Å². The Labute approximate surface area is 33.8 Å². The quantitative estimate of drug-likeness (QED) is 0.479. The lowest BCUT2D eigenvalue weighted by Gasteiger charge is -1.90. The molecule has 0 aliphatic heterocycles. The second-order valence-corrected chi connectivity index (χ2v) is 2.92. The van der Waals surface area contributed by atoms with Crippen LogP contribution in [0.15, 0.2) is 0 Å². The maximum absolute atomic E-state index is 8.43. The van der Waals surface area contributed by atoms with E-state index in [2.05, 4.69) is 0 Å². The van der Waals surface area contributed by atoms with Gasteiger partial charge in [0.25, 0.3) is 0 Å². The Kier molecular flexibility index (Phi) is 2.82. The Hall–Kier alpha value is 0.390. The van der Waals surface area contributed by atoms with Crippen molar-refractivity contribution >= 4 is 8.15 Å². The summed E-state index contributed by atoms with van der Waals surface area (Å²) in [6.07, 6.45) is 0.926. The molecule has 0 spiro atoms. The molecule has 1 atom stereocenters. The van der Waals surface area contributed by atoms with E-state index < -0.39 is 8.15 Å². The minimum atomic E-state index is -0.598. The predicted molar refractivity (Wildman–Crippen MR) is 25.6 cm³/mol. The van der Waals surface area contributed by atoms with E-state index in [1.807, 2.05) is 13.6 Å². The molecule has 0 aromatic carbocycles. The Morgan fingerprint density at radius 2 is 2.00 bits per heavy atom. The van der Waals surface area contributed by atoms with Gasteiger partial charge >= 0.3 is 0 Å². The van der Waals surface area contributed by atoms with E-state index in [4.69, 9.17) is 4.89 Å². The molecule has 0 aromatic heterocycles. The molecule has 0 aliphatic rings. The summed E-state index contributed by atoms with van der Waals surface area (Å²) in [6, 6.07) is 0. The zero-order chi connectivity index (χ0) is 4.28. The Balaban J connectivity index is 2.54. The van der Waals surface area contributed by atoms with Gasteiger partial charge in [-0.2, -0.15) is 0 Å². The smallest absolute Gasteiger partial charge is 0.0216 e. The van der Waals surface area contributed by atoms with Gasteiger partial charge in [-0.25, -0.2) is 0 Å². The molecule has 0 aromatic rings. The average Bonchev–Trinajstić information content (AvgIpc) is 1.38. The van der Waals surface area contributed by atoms with Crippen molar-refractivity contribution in [1.82, 2.24) is 0 Å². The Morgan fingerprint density at radius 1 is 1.80 bits per heavy atom. The zero-order valence-corrected chi connectivity index (χ0v) is 4.50. The van der Waals surface area contributed by atoms with E-state index in [0.717, 1.165) is 6.16 Å². The van der Waals surface area contributed by atoms with Crippen molar-refractivity contribution in [3.63, 3.8) is 0 Å². The van der Waals surface area contributed by atoms with Gasteiger partial charge in [-0.15, -0.1) is 0 Å². The van der Waals surface area contributed by atoms with Crippen LogP contribution in [0.2, 0.25) is 0 Å². The monoisotopic (exact) mass is 92.0 g/mol. The summed E-state index contributed by atoms with van der Waals surface area (Å²) in [4.78, 5) is 8.43. The van der Waals surface area contributed by atoms with E-state index in [-0.39, 0.29) is 0 Å². The van der Waals surface area contributed by atoms with E-state index in [1.54, 1.807) is 0 Å². The highest BCUT2D eigenvalue weighted by Crippen LogP contribution is 2.20. The van der Waals surface area contributed by atoms with Crippen LogP contribution < -0.4 is 0 Å². The highest BCUT2D eigenvalue weighted by atomic mass is 31.1. The highest BCUT2D eigenvalue weighted by molar-refractivity contribution is 7.50. The average molecular weight is 92.1 g/mol. The first-order chi connectivity index (χ1) is 2.27. The van der Waals surface area contributed by atoms with Crippen LogP contribution in [0, 0.1) is 0 Å². The fourth-order valence-corrected chi connectivity index (χ4v) is 0. The summed E-state index contributed by atoms with van der Waals surface area (Å²) in [5, 5.41) is 0. The molecule has 0 aliphatic carbocycles. The molecule has 2 heteroatoms. The van der Waals surface area contributed by atoms with Crippen LogP contribution in [-0.2, 0) is 0 Å². The van der Waals surface area contributed by atoms with E-state index >= 15 is 0 Å². The molecular weight excluding hydrogens is 83.0 g/mol. The molecule has 0 bridgehead atoms. The maximum atomic E-state index is 8.43. The number of hydrogen-bond acceptors (Lipinski definition) is 1. The van der Waals surface area contributed by atoms with E-state index in [9.17, 15) is 0 Å². The normalized spacial score (nSPS) is 15.0. The van der Waals surface area contributed by atoms with Gasteiger partial charge in [0.05, 0.1) is 0 Å². The van der Waals surface area contributed by atoms with Gasteiger partial charge < -0.3 is 4.89 Å². The lowest BCUT2D eigenvalue weighted by atomic mass is 11.0. The molecule has 0 radical (unpaired) electrons. The van der Waals surface area contributed by atoms with Gasteiger partial charge in [0, 0.05) is 8.15 Å². The molecule has 0 rings (SSSR count). The van der Waals surface area contributed by atoms with Crippen LogP contribution in [0.3, 0.4) is 0 Å². The second kappa shape index (κ2) is 2.62. The molecule has 0 saturated heterocycles. The van der Waals surface area contributed by atoms with Gasteiger partial charge in [-0.05, 0) is 12.8 Å². The summed E-state index contributed by atoms with van der Waals surface area (Å²) in [5.74, 6) is 0. The van der Waals surface area contributed by atoms with Crippen molar-refractivity contribution in [2.45, 2.75) is 6.92 Å². The second-order valence-electron chi connectivity index (χ2n) is 0.974. The molecule has 32 valence electrons.